The summed E-state index contributed by atoms with van der Waals surface area (Å²) in [6.07, 6.45) is -1.59. The lowest BCUT2D eigenvalue weighted by atomic mass is 9.78. The van der Waals surface area contributed by atoms with Gasteiger partial charge in [0.25, 0.3) is 0 Å². The Hall–Kier alpha value is -4.05. The molecule has 8 nitrogen and oxygen atoms in total. The quantitative estimate of drug-likeness (QED) is 0.0769. The van der Waals surface area contributed by atoms with Gasteiger partial charge in [0.2, 0.25) is 0 Å². The molecule has 0 saturated heterocycles. The van der Waals surface area contributed by atoms with Crippen LogP contribution in [0.5, 0.6) is 0 Å². The van der Waals surface area contributed by atoms with Crippen LogP contribution in [0.25, 0.3) is 43.1 Å². The molecule has 8 rings (SSSR count). The Morgan fingerprint density at radius 1 is 0.848 bits per heavy atom. The molecule has 5 aromatic rings. The first-order valence-electron chi connectivity index (χ1n) is 16.0. The number of carbonyl (C=O) groups is 3. The second-order valence-electron chi connectivity index (χ2n) is 14.0. The molecule has 9 heteroatoms. The van der Waals surface area contributed by atoms with E-state index >= 15 is 0 Å². The molecular formula is C37H36O8Si. The molecule has 0 radical (unpaired) electrons. The van der Waals surface area contributed by atoms with Crippen molar-refractivity contribution in [3.05, 3.63) is 69.3 Å². The van der Waals surface area contributed by atoms with Gasteiger partial charge in [-0.15, -0.1) is 0 Å². The number of benzene rings is 3. The van der Waals surface area contributed by atoms with Crippen LogP contribution in [0.2, 0.25) is 18.1 Å². The zero-order valence-electron chi connectivity index (χ0n) is 27.1. The van der Waals surface area contributed by atoms with Gasteiger partial charge in [-0.3, -0.25) is 0 Å². The van der Waals surface area contributed by atoms with Crippen LogP contribution in [0.3, 0.4) is 0 Å². The summed E-state index contributed by atoms with van der Waals surface area (Å²) in [6, 6.07) is 10.3. The van der Waals surface area contributed by atoms with Crippen molar-refractivity contribution in [1.82, 2.24) is 0 Å². The molecule has 3 heterocycles. The van der Waals surface area contributed by atoms with Crippen LogP contribution in [0, 0.1) is 0 Å². The van der Waals surface area contributed by atoms with Crippen LogP contribution in [0.1, 0.15) is 79.4 Å². The molecule has 46 heavy (non-hydrogen) atoms. The van der Waals surface area contributed by atoms with Gasteiger partial charge in [-0.25, -0.2) is 14.4 Å². The minimum absolute atomic E-state index is 0.0290. The third-order valence-corrected chi connectivity index (χ3v) is 15.1. The summed E-state index contributed by atoms with van der Waals surface area (Å²) in [7, 11) is -2.23. The minimum atomic E-state index is -2.23. The summed E-state index contributed by atoms with van der Waals surface area (Å²) in [5.41, 5.74) is 4.62. The molecule has 2 bridgehead atoms. The summed E-state index contributed by atoms with van der Waals surface area (Å²) < 4.78 is 30.0. The number of hydrogen-bond donors (Lipinski definition) is 0. The van der Waals surface area contributed by atoms with Crippen molar-refractivity contribution >= 4 is 69.3 Å². The first-order chi connectivity index (χ1) is 21.9. The third-order valence-electron chi connectivity index (χ3n) is 10.7. The van der Waals surface area contributed by atoms with Crippen LogP contribution < -0.4 is 0 Å². The average molecular weight is 637 g/mol. The smallest absolute Gasteiger partial charge is 0.338 e. The highest BCUT2D eigenvalue weighted by Gasteiger charge is 2.53. The Kier molecular flexibility index (Phi) is 6.21. The van der Waals surface area contributed by atoms with E-state index in [1.165, 1.54) is 0 Å². The summed E-state index contributed by atoms with van der Waals surface area (Å²) in [5, 5.41) is 8.19. The van der Waals surface area contributed by atoms with E-state index in [-0.39, 0.29) is 42.0 Å². The van der Waals surface area contributed by atoms with Gasteiger partial charge in [0.1, 0.15) is 18.8 Å². The van der Waals surface area contributed by atoms with Crippen molar-refractivity contribution < 1.29 is 37.8 Å². The zero-order valence-corrected chi connectivity index (χ0v) is 28.1. The number of hydrogen-bond acceptors (Lipinski definition) is 8. The van der Waals surface area contributed by atoms with E-state index < -0.39 is 32.5 Å². The molecule has 0 fully saturated rings. The van der Waals surface area contributed by atoms with Gasteiger partial charge in [0, 0.05) is 5.56 Å². The normalized spacial score (nSPS) is 19.2. The molecule has 236 valence electrons. The second kappa shape index (κ2) is 9.73. The van der Waals surface area contributed by atoms with E-state index in [1.807, 2.05) is 6.07 Å². The lowest BCUT2D eigenvalue weighted by Crippen LogP contribution is -2.40. The van der Waals surface area contributed by atoms with E-state index in [1.54, 1.807) is 13.8 Å². The maximum absolute atomic E-state index is 13.5. The molecule has 0 spiro atoms. The van der Waals surface area contributed by atoms with Crippen molar-refractivity contribution in [1.29, 1.82) is 0 Å². The van der Waals surface area contributed by atoms with E-state index in [2.05, 4.69) is 58.1 Å². The van der Waals surface area contributed by atoms with Crippen LogP contribution >= 0.6 is 0 Å². The maximum atomic E-state index is 13.5. The van der Waals surface area contributed by atoms with Crippen LogP contribution in [0.4, 0.5) is 0 Å². The number of ether oxygens (including phenoxy) is 4. The second-order valence-corrected chi connectivity index (χ2v) is 18.8. The van der Waals surface area contributed by atoms with E-state index in [0.717, 1.165) is 65.3 Å². The van der Waals surface area contributed by atoms with E-state index in [9.17, 15) is 14.4 Å². The number of rotatable bonds is 7. The van der Waals surface area contributed by atoms with Gasteiger partial charge in [0.05, 0.1) is 36.5 Å². The molecule has 0 saturated carbocycles. The minimum Gasteiger partial charge on any atom is -0.463 e. The SMILES string of the molecule is CCOC(=O)C1=C(C(=O)OCC)C2OC1c1c2c2ccc3c4c5c(cc6ccc(c(c1CO[Si](C)(C)C(C)(C)C)c23)c64)C(=O)OC5. The lowest BCUT2D eigenvalue weighted by molar-refractivity contribution is -0.142. The van der Waals surface area contributed by atoms with Crippen LogP contribution in [-0.4, -0.2) is 39.4 Å². The van der Waals surface area contributed by atoms with Crippen molar-refractivity contribution in [2.45, 2.75) is 78.2 Å². The van der Waals surface area contributed by atoms with Gasteiger partial charge in [-0.1, -0.05) is 45.0 Å². The van der Waals surface area contributed by atoms with Gasteiger partial charge in [-0.05, 0) is 97.8 Å². The van der Waals surface area contributed by atoms with Crippen LogP contribution in [0.15, 0.2) is 41.5 Å². The Balaban J connectivity index is 1.48. The summed E-state index contributed by atoms with van der Waals surface area (Å²) in [6.45, 7) is 15.5. The summed E-state index contributed by atoms with van der Waals surface area (Å²) in [5.74, 6) is -1.45. The molecule has 5 aromatic carbocycles. The van der Waals surface area contributed by atoms with Gasteiger partial charge < -0.3 is 23.4 Å². The number of cyclic esters (lactones) is 1. The van der Waals surface area contributed by atoms with Crippen molar-refractivity contribution in [3.63, 3.8) is 0 Å². The largest absolute Gasteiger partial charge is 0.463 e. The fraction of sp³-hybridized carbons (Fsp3) is 0.378. The topological polar surface area (TPSA) is 97.4 Å². The predicted molar refractivity (Wildman–Crippen MR) is 177 cm³/mol. The van der Waals surface area contributed by atoms with E-state index in [4.69, 9.17) is 23.4 Å². The van der Waals surface area contributed by atoms with Gasteiger partial charge >= 0.3 is 17.9 Å². The highest BCUT2D eigenvalue weighted by molar-refractivity contribution is 6.74. The molecule has 0 aromatic heterocycles. The average Bonchev–Trinajstić information content (AvgIpc) is 3.82. The van der Waals surface area contributed by atoms with Crippen molar-refractivity contribution in [2.24, 2.45) is 0 Å². The van der Waals surface area contributed by atoms with Crippen molar-refractivity contribution in [2.75, 3.05) is 13.2 Å². The number of esters is 3. The number of carbonyl (C=O) groups excluding carboxylic acids is 3. The first-order valence-corrected chi connectivity index (χ1v) is 18.9. The van der Waals surface area contributed by atoms with Crippen molar-refractivity contribution in [3.8, 4) is 0 Å². The van der Waals surface area contributed by atoms with Gasteiger partial charge in [0.15, 0.2) is 8.32 Å². The highest BCUT2D eigenvalue weighted by atomic mass is 28.4. The Labute approximate surface area is 267 Å². The number of fused-ring (bicyclic) bond motifs is 10. The molecule has 3 aliphatic heterocycles. The van der Waals surface area contributed by atoms with E-state index in [0.29, 0.717) is 12.2 Å². The Bertz CT molecular complexity index is 2190. The molecule has 0 aliphatic carbocycles. The fourth-order valence-corrected chi connectivity index (χ4v) is 8.52. The van der Waals surface area contributed by atoms with Gasteiger partial charge in [-0.2, -0.15) is 0 Å². The predicted octanol–water partition coefficient (Wildman–Crippen LogP) is 7.92. The molecule has 2 atom stereocenters. The Morgan fingerprint density at radius 3 is 2.11 bits per heavy atom. The lowest BCUT2D eigenvalue weighted by Gasteiger charge is -2.36. The third kappa shape index (κ3) is 3.70. The standard InChI is InChI=1S/C37H36O8Si/c1-8-41-35(39)30-31(36(40)42-9-2)33-29-23(16-44-46(6,7)37(3,4)5)27-18-11-10-17-14-21-22(15-43-34(21)38)26(24(17)18)19-12-13-20(25(19)27)28(29)32(30)45-33/h10-14,32-33H,8-9,15-16H2,1-7H3. The molecule has 2 unspecified atom stereocenters. The molecule has 0 N–H and O–H groups in total. The highest BCUT2D eigenvalue weighted by Crippen LogP contribution is 2.61. The summed E-state index contributed by atoms with van der Waals surface area (Å²) >= 11 is 0. The zero-order chi connectivity index (χ0) is 32.4. The Morgan fingerprint density at radius 2 is 1.46 bits per heavy atom. The maximum Gasteiger partial charge on any atom is 0.338 e. The first kappa shape index (κ1) is 29.4. The molecular weight excluding hydrogens is 600 g/mol. The molecule has 3 aliphatic rings. The molecule has 0 amide bonds. The summed E-state index contributed by atoms with van der Waals surface area (Å²) in [4.78, 5) is 39.7. The monoisotopic (exact) mass is 636 g/mol. The van der Waals surface area contributed by atoms with Crippen LogP contribution in [-0.2, 0) is 46.2 Å². The fourth-order valence-electron chi connectivity index (χ4n) is 7.58.